The Kier molecular flexibility index (Phi) is 4.48. The van der Waals surface area contributed by atoms with E-state index in [0.29, 0.717) is 5.02 Å². The molecule has 1 aromatic carbocycles. The number of piperidine rings is 1. The van der Waals surface area contributed by atoms with Gasteiger partial charge in [-0.15, -0.1) is 0 Å². The average Bonchev–Trinajstić information content (AvgIpc) is 2.41. The molecule has 3 nitrogen and oxygen atoms in total. The summed E-state index contributed by atoms with van der Waals surface area (Å²) in [6.07, 6.45) is 3.46. The van der Waals surface area contributed by atoms with Gasteiger partial charge in [0.05, 0.1) is 10.7 Å². The van der Waals surface area contributed by atoms with Gasteiger partial charge in [-0.25, -0.2) is 0 Å². The highest BCUT2D eigenvalue weighted by molar-refractivity contribution is 6.33. The van der Waals surface area contributed by atoms with E-state index in [0.717, 1.165) is 31.6 Å². The molecule has 1 N–H and O–H groups in total. The maximum absolute atomic E-state index is 12.2. The highest BCUT2D eigenvalue weighted by Crippen LogP contribution is 2.21. The highest BCUT2D eigenvalue weighted by Gasteiger charge is 2.22. The van der Waals surface area contributed by atoms with Gasteiger partial charge >= 0.3 is 0 Å². The Balaban J connectivity index is 1.96. The van der Waals surface area contributed by atoms with E-state index >= 15 is 0 Å². The van der Waals surface area contributed by atoms with Crippen molar-refractivity contribution in [3.63, 3.8) is 0 Å². The number of hydrogen-bond acceptors (Lipinski definition) is 2. The van der Waals surface area contributed by atoms with Gasteiger partial charge in [0.2, 0.25) is 5.91 Å². The number of likely N-dealkylation sites (tertiary alicyclic amines) is 1. The second-order valence-electron chi connectivity index (χ2n) is 4.73. The molecule has 1 heterocycles. The summed E-state index contributed by atoms with van der Waals surface area (Å²) in [5.74, 6) is 0.162. The lowest BCUT2D eigenvalue weighted by atomic mass is 10.1. The van der Waals surface area contributed by atoms with E-state index in [1.165, 1.54) is 6.42 Å². The molecule has 0 bridgehead atoms. The Morgan fingerprint density at radius 3 is 2.61 bits per heavy atom. The van der Waals surface area contributed by atoms with Gasteiger partial charge in [0.15, 0.2) is 0 Å². The van der Waals surface area contributed by atoms with Gasteiger partial charge in [0.1, 0.15) is 6.04 Å². The van der Waals surface area contributed by atoms with Crippen molar-refractivity contribution in [2.24, 2.45) is 0 Å². The average molecular weight is 267 g/mol. The summed E-state index contributed by atoms with van der Waals surface area (Å²) in [5, 5.41) is 3.83. The number of nitrogens with one attached hydrogen (secondary N) is 1. The first kappa shape index (κ1) is 13.2. The van der Waals surface area contributed by atoms with Crippen molar-refractivity contribution in [2.75, 3.05) is 18.4 Å². The van der Waals surface area contributed by atoms with Crippen LogP contribution in [0.15, 0.2) is 24.3 Å². The van der Waals surface area contributed by atoms with Crippen LogP contribution in [0.25, 0.3) is 0 Å². The highest BCUT2D eigenvalue weighted by atomic mass is 35.5. The summed E-state index contributed by atoms with van der Waals surface area (Å²) >= 11 is 6.07. The van der Waals surface area contributed by atoms with Crippen LogP contribution in [0.1, 0.15) is 26.2 Å². The number of carbonyl (C=O) groups excluding carboxylic acids is 1. The first-order valence-electron chi connectivity index (χ1n) is 6.48. The maximum Gasteiger partial charge on any atom is 0.244 e. The normalized spacial score (nSPS) is 17.3. The fraction of sp³-hybridized carbons (Fsp3) is 0.500. The molecule has 1 fully saturated rings. The van der Waals surface area contributed by atoms with E-state index in [-0.39, 0.29) is 11.9 Å². The minimum absolute atomic E-state index is 0.162. The Morgan fingerprint density at radius 1 is 1.28 bits per heavy atom. The van der Waals surface area contributed by atoms with Crippen molar-refractivity contribution >= 4 is 23.2 Å². The molecule has 98 valence electrons. The summed E-state index contributed by atoms with van der Waals surface area (Å²) in [5.41, 5.74) is 0.817. The summed E-state index contributed by atoms with van der Waals surface area (Å²) in [6, 6.07) is 7.27. The third kappa shape index (κ3) is 3.16. The van der Waals surface area contributed by atoms with Gasteiger partial charge in [0, 0.05) is 13.1 Å². The molecule has 18 heavy (non-hydrogen) atoms. The molecule has 1 aliphatic heterocycles. The molecule has 1 unspecified atom stereocenters. The Bertz CT molecular complexity index is 416. The fourth-order valence-corrected chi connectivity index (χ4v) is 2.45. The first-order chi connectivity index (χ1) is 8.68. The second-order valence-corrected chi connectivity index (χ2v) is 5.14. The van der Waals surface area contributed by atoms with Crippen LogP contribution in [0.2, 0.25) is 5.02 Å². The van der Waals surface area contributed by atoms with E-state index in [4.69, 9.17) is 11.6 Å². The third-order valence-corrected chi connectivity index (χ3v) is 3.61. The number of benzene rings is 1. The lowest BCUT2D eigenvalue weighted by Crippen LogP contribution is -2.43. The van der Waals surface area contributed by atoms with E-state index < -0.39 is 0 Å². The lowest BCUT2D eigenvalue weighted by molar-refractivity contribution is -0.132. The van der Waals surface area contributed by atoms with Crippen molar-refractivity contribution in [1.29, 1.82) is 0 Å². The SMILES string of the molecule is CC(Nc1ccccc1Cl)C(=O)N1CCCCC1. The van der Waals surface area contributed by atoms with Gasteiger partial charge in [-0.3, -0.25) is 4.79 Å². The molecule has 1 amide bonds. The van der Waals surface area contributed by atoms with Crippen LogP contribution in [0, 0.1) is 0 Å². The number of carbonyl (C=O) groups is 1. The molecule has 0 spiro atoms. The Labute approximate surface area is 113 Å². The molecule has 1 aromatic rings. The molecule has 1 atom stereocenters. The smallest absolute Gasteiger partial charge is 0.244 e. The fourth-order valence-electron chi connectivity index (χ4n) is 2.26. The van der Waals surface area contributed by atoms with Gasteiger partial charge in [0.25, 0.3) is 0 Å². The molecule has 0 radical (unpaired) electrons. The number of rotatable bonds is 3. The monoisotopic (exact) mass is 266 g/mol. The van der Waals surface area contributed by atoms with Gasteiger partial charge < -0.3 is 10.2 Å². The number of amides is 1. The van der Waals surface area contributed by atoms with Crippen LogP contribution >= 0.6 is 11.6 Å². The van der Waals surface area contributed by atoms with Crippen LogP contribution in [-0.4, -0.2) is 29.9 Å². The van der Waals surface area contributed by atoms with Gasteiger partial charge in [-0.2, -0.15) is 0 Å². The van der Waals surface area contributed by atoms with Gasteiger partial charge in [-0.05, 0) is 38.3 Å². The predicted octanol–water partition coefficient (Wildman–Crippen LogP) is 3.15. The van der Waals surface area contributed by atoms with Crippen LogP contribution in [0.5, 0.6) is 0 Å². The topological polar surface area (TPSA) is 32.3 Å². The zero-order chi connectivity index (χ0) is 13.0. The summed E-state index contributed by atoms with van der Waals surface area (Å²) in [7, 11) is 0. The zero-order valence-corrected chi connectivity index (χ0v) is 11.4. The van der Waals surface area contributed by atoms with Crippen molar-refractivity contribution in [2.45, 2.75) is 32.2 Å². The van der Waals surface area contributed by atoms with Crippen LogP contribution in [0.3, 0.4) is 0 Å². The Hall–Kier alpha value is -1.22. The number of para-hydroxylation sites is 1. The summed E-state index contributed by atoms with van der Waals surface area (Å²) < 4.78 is 0. The van der Waals surface area contributed by atoms with Crippen LogP contribution in [0.4, 0.5) is 5.69 Å². The van der Waals surface area contributed by atoms with E-state index in [9.17, 15) is 4.79 Å². The molecular formula is C14H19ClN2O. The minimum atomic E-state index is -0.233. The first-order valence-corrected chi connectivity index (χ1v) is 6.86. The molecule has 4 heteroatoms. The minimum Gasteiger partial charge on any atom is -0.373 e. The van der Waals surface area contributed by atoms with Crippen LogP contribution in [-0.2, 0) is 4.79 Å². The van der Waals surface area contributed by atoms with E-state index in [2.05, 4.69) is 5.32 Å². The van der Waals surface area contributed by atoms with Crippen molar-refractivity contribution < 1.29 is 4.79 Å². The molecule has 2 rings (SSSR count). The molecule has 0 aliphatic carbocycles. The predicted molar refractivity (Wildman–Crippen MR) is 75.0 cm³/mol. The summed E-state index contributed by atoms with van der Waals surface area (Å²) in [4.78, 5) is 14.2. The van der Waals surface area contributed by atoms with Crippen molar-refractivity contribution in [3.05, 3.63) is 29.3 Å². The number of anilines is 1. The Morgan fingerprint density at radius 2 is 1.94 bits per heavy atom. The largest absolute Gasteiger partial charge is 0.373 e. The van der Waals surface area contributed by atoms with E-state index in [1.54, 1.807) is 0 Å². The maximum atomic E-state index is 12.2. The zero-order valence-electron chi connectivity index (χ0n) is 10.7. The van der Waals surface area contributed by atoms with Crippen molar-refractivity contribution in [3.8, 4) is 0 Å². The standard InChI is InChI=1S/C14H19ClN2O/c1-11(14(18)17-9-5-2-6-10-17)16-13-8-4-3-7-12(13)15/h3-4,7-8,11,16H,2,5-6,9-10H2,1H3. The second kappa shape index (κ2) is 6.10. The molecule has 1 aliphatic rings. The molecule has 1 saturated heterocycles. The lowest BCUT2D eigenvalue weighted by Gasteiger charge is -2.29. The summed E-state index contributed by atoms with van der Waals surface area (Å²) in [6.45, 7) is 3.65. The van der Waals surface area contributed by atoms with E-state index in [1.807, 2.05) is 36.1 Å². The number of halogens is 1. The number of nitrogens with zero attached hydrogens (tertiary/aromatic N) is 1. The third-order valence-electron chi connectivity index (χ3n) is 3.28. The molecular weight excluding hydrogens is 248 g/mol. The molecule has 0 saturated carbocycles. The number of hydrogen-bond donors (Lipinski definition) is 1. The quantitative estimate of drug-likeness (QED) is 0.912. The van der Waals surface area contributed by atoms with Crippen LogP contribution < -0.4 is 5.32 Å². The molecule has 0 aromatic heterocycles. The van der Waals surface area contributed by atoms with Gasteiger partial charge in [-0.1, -0.05) is 23.7 Å². The van der Waals surface area contributed by atoms with Crippen molar-refractivity contribution in [1.82, 2.24) is 4.90 Å².